The maximum Gasteiger partial charge on any atom is 0.0948 e. The molecule has 1 aromatic carbocycles. The Morgan fingerprint density at radius 1 is 1.29 bits per heavy atom. The van der Waals surface area contributed by atoms with E-state index < -0.39 is 0 Å². The third-order valence-electron chi connectivity index (χ3n) is 3.43. The van der Waals surface area contributed by atoms with E-state index in [0.717, 1.165) is 23.7 Å². The van der Waals surface area contributed by atoms with Crippen LogP contribution >= 0.6 is 11.3 Å². The quantitative estimate of drug-likeness (QED) is 0.805. The predicted molar refractivity (Wildman–Crippen MR) is 90.0 cm³/mol. The zero-order valence-corrected chi connectivity index (χ0v) is 14.0. The van der Waals surface area contributed by atoms with Gasteiger partial charge >= 0.3 is 0 Å². The highest BCUT2D eigenvalue weighted by Gasteiger charge is 2.11. The van der Waals surface area contributed by atoms with E-state index in [4.69, 9.17) is 4.98 Å². The van der Waals surface area contributed by atoms with Crippen LogP contribution in [0.4, 0.5) is 0 Å². The number of aliphatic hydroxyl groups excluding tert-OH is 1. The first-order valence-electron chi connectivity index (χ1n) is 7.40. The Kier molecular flexibility index (Phi) is 5.51. The lowest BCUT2D eigenvalue weighted by molar-refractivity contribution is 0.191. The smallest absolute Gasteiger partial charge is 0.0948 e. The van der Waals surface area contributed by atoms with Gasteiger partial charge in [-0.05, 0) is 33.3 Å². The van der Waals surface area contributed by atoms with Gasteiger partial charge in [0, 0.05) is 30.0 Å². The van der Waals surface area contributed by atoms with Crippen LogP contribution in [0.3, 0.4) is 0 Å². The Balaban J connectivity index is 2.08. The first-order chi connectivity index (χ1) is 9.97. The van der Waals surface area contributed by atoms with Gasteiger partial charge in [-0.3, -0.25) is 0 Å². The number of aliphatic hydroxyl groups is 1. The summed E-state index contributed by atoms with van der Waals surface area (Å²) in [5, 5.41) is 13.6. The van der Waals surface area contributed by atoms with Crippen molar-refractivity contribution >= 4 is 11.3 Å². The largest absolute Gasteiger partial charge is 0.392 e. The number of aromatic nitrogens is 1. The van der Waals surface area contributed by atoms with Crippen LogP contribution in [0.5, 0.6) is 0 Å². The van der Waals surface area contributed by atoms with Crippen molar-refractivity contribution in [3.8, 4) is 11.3 Å². The van der Waals surface area contributed by atoms with Gasteiger partial charge in [-0.25, -0.2) is 4.98 Å². The van der Waals surface area contributed by atoms with Gasteiger partial charge in [-0.1, -0.05) is 23.8 Å². The molecule has 114 valence electrons. The number of hydrogen-bond acceptors (Lipinski definition) is 4. The van der Waals surface area contributed by atoms with Crippen LogP contribution < -0.4 is 5.32 Å². The number of rotatable bonds is 6. The molecule has 0 saturated heterocycles. The number of thiazole rings is 1. The zero-order valence-electron chi connectivity index (χ0n) is 13.2. The minimum Gasteiger partial charge on any atom is -0.392 e. The highest BCUT2D eigenvalue weighted by molar-refractivity contribution is 7.12. The predicted octanol–water partition coefficient (Wildman–Crippen LogP) is 3.25. The number of nitrogens with zero attached hydrogens (tertiary/aromatic N) is 1. The minimum absolute atomic E-state index is 0.297. The first-order valence-corrected chi connectivity index (χ1v) is 8.21. The van der Waals surface area contributed by atoms with E-state index in [9.17, 15) is 5.11 Å². The topological polar surface area (TPSA) is 45.2 Å². The Hall–Kier alpha value is -1.23. The molecule has 2 aromatic rings. The average molecular weight is 304 g/mol. The standard InChI is InChI=1S/C17H24N2OS/c1-11-5-6-15(12(2)9-11)17-14(4)21-16(19-17)7-8-18-10-13(3)20/h5-6,9,13,18,20H,7-8,10H2,1-4H3. The van der Waals surface area contributed by atoms with Gasteiger partial charge in [-0.2, -0.15) is 0 Å². The van der Waals surface area contributed by atoms with Crippen LogP contribution in [0.2, 0.25) is 0 Å². The molecule has 0 radical (unpaired) electrons. The Bertz CT molecular complexity index is 605. The van der Waals surface area contributed by atoms with E-state index in [1.807, 2.05) is 0 Å². The molecule has 2 N–H and O–H groups in total. The number of aryl methyl sites for hydroxylation is 3. The monoisotopic (exact) mass is 304 g/mol. The van der Waals surface area contributed by atoms with E-state index >= 15 is 0 Å². The van der Waals surface area contributed by atoms with Crippen molar-refractivity contribution < 1.29 is 5.11 Å². The summed E-state index contributed by atoms with van der Waals surface area (Å²) in [6.07, 6.45) is 0.608. The normalized spacial score (nSPS) is 12.6. The van der Waals surface area contributed by atoms with Crippen LogP contribution in [0, 0.1) is 20.8 Å². The van der Waals surface area contributed by atoms with Gasteiger partial charge < -0.3 is 10.4 Å². The molecule has 0 fully saturated rings. The summed E-state index contributed by atoms with van der Waals surface area (Å²) in [4.78, 5) is 6.07. The molecule has 0 bridgehead atoms. The van der Waals surface area contributed by atoms with Crippen LogP contribution in [0.1, 0.15) is 27.9 Å². The molecule has 1 aromatic heterocycles. The molecule has 1 atom stereocenters. The fourth-order valence-electron chi connectivity index (χ4n) is 2.39. The summed E-state index contributed by atoms with van der Waals surface area (Å²) in [6.45, 7) is 9.67. The highest BCUT2D eigenvalue weighted by Crippen LogP contribution is 2.30. The molecule has 0 aliphatic carbocycles. The fraction of sp³-hybridized carbons (Fsp3) is 0.471. The first kappa shape index (κ1) is 16.1. The highest BCUT2D eigenvalue weighted by atomic mass is 32.1. The number of hydrogen-bond donors (Lipinski definition) is 2. The van der Waals surface area contributed by atoms with Crippen molar-refractivity contribution in [2.75, 3.05) is 13.1 Å². The molecular formula is C17H24N2OS. The molecule has 3 nitrogen and oxygen atoms in total. The summed E-state index contributed by atoms with van der Waals surface area (Å²) in [6, 6.07) is 6.52. The summed E-state index contributed by atoms with van der Waals surface area (Å²) in [7, 11) is 0. The van der Waals surface area contributed by atoms with Crippen molar-refractivity contribution in [2.45, 2.75) is 40.2 Å². The third kappa shape index (κ3) is 4.37. The van der Waals surface area contributed by atoms with Crippen LogP contribution in [-0.4, -0.2) is 29.3 Å². The van der Waals surface area contributed by atoms with Gasteiger partial charge in [0.05, 0.1) is 16.8 Å². The zero-order chi connectivity index (χ0) is 15.4. The Morgan fingerprint density at radius 2 is 2.05 bits per heavy atom. The maximum atomic E-state index is 9.22. The van der Waals surface area contributed by atoms with Crippen molar-refractivity contribution in [3.63, 3.8) is 0 Å². The molecule has 0 spiro atoms. The van der Waals surface area contributed by atoms with E-state index in [1.54, 1.807) is 18.3 Å². The maximum absolute atomic E-state index is 9.22. The summed E-state index contributed by atoms with van der Waals surface area (Å²) < 4.78 is 0. The van der Waals surface area contributed by atoms with Gasteiger partial charge in [0.1, 0.15) is 0 Å². The van der Waals surface area contributed by atoms with Crippen LogP contribution in [-0.2, 0) is 6.42 Å². The van der Waals surface area contributed by atoms with E-state index in [2.05, 4.69) is 44.3 Å². The number of benzene rings is 1. The van der Waals surface area contributed by atoms with E-state index in [1.165, 1.54) is 21.6 Å². The lowest BCUT2D eigenvalue weighted by atomic mass is 10.0. The van der Waals surface area contributed by atoms with E-state index in [-0.39, 0.29) is 6.10 Å². The SMILES string of the molecule is Cc1ccc(-c2nc(CCNCC(C)O)sc2C)c(C)c1. The number of nitrogens with one attached hydrogen (secondary N) is 1. The molecule has 1 unspecified atom stereocenters. The lowest BCUT2D eigenvalue weighted by Gasteiger charge is -2.05. The second kappa shape index (κ2) is 7.16. The Labute approximate surface area is 131 Å². The fourth-order valence-corrected chi connectivity index (χ4v) is 3.34. The molecule has 2 rings (SSSR count). The molecule has 1 heterocycles. The van der Waals surface area contributed by atoms with Crippen molar-refractivity contribution in [3.05, 3.63) is 39.2 Å². The minimum atomic E-state index is -0.297. The molecule has 0 saturated carbocycles. The third-order valence-corrected chi connectivity index (χ3v) is 4.46. The van der Waals surface area contributed by atoms with Crippen molar-refractivity contribution in [2.24, 2.45) is 0 Å². The average Bonchev–Trinajstić information content (AvgIpc) is 2.76. The van der Waals surface area contributed by atoms with Crippen LogP contribution in [0.25, 0.3) is 11.3 Å². The van der Waals surface area contributed by atoms with Gasteiger partial charge in [-0.15, -0.1) is 11.3 Å². The molecular weight excluding hydrogens is 280 g/mol. The second-order valence-electron chi connectivity index (χ2n) is 5.63. The van der Waals surface area contributed by atoms with E-state index in [0.29, 0.717) is 6.54 Å². The van der Waals surface area contributed by atoms with Crippen LogP contribution in [0.15, 0.2) is 18.2 Å². The van der Waals surface area contributed by atoms with Gasteiger partial charge in [0.25, 0.3) is 0 Å². The molecule has 4 heteroatoms. The van der Waals surface area contributed by atoms with Crippen molar-refractivity contribution in [1.29, 1.82) is 0 Å². The lowest BCUT2D eigenvalue weighted by Crippen LogP contribution is -2.26. The van der Waals surface area contributed by atoms with Crippen molar-refractivity contribution in [1.82, 2.24) is 10.3 Å². The van der Waals surface area contributed by atoms with Gasteiger partial charge in [0.2, 0.25) is 0 Å². The Morgan fingerprint density at radius 3 is 2.71 bits per heavy atom. The molecule has 0 amide bonds. The molecule has 0 aliphatic rings. The molecule has 21 heavy (non-hydrogen) atoms. The second-order valence-corrected chi connectivity index (χ2v) is 6.92. The van der Waals surface area contributed by atoms with Gasteiger partial charge in [0.15, 0.2) is 0 Å². The summed E-state index contributed by atoms with van der Waals surface area (Å²) >= 11 is 1.77. The molecule has 0 aliphatic heterocycles. The summed E-state index contributed by atoms with van der Waals surface area (Å²) in [5.41, 5.74) is 4.91. The summed E-state index contributed by atoms with van der Waals surface area (Å²) in [5.74, 6) is 0.